The SMILES string of the molecule is CNCc1cccc(C(F)(F)F)c1C(F)(F)F.Cl. The van der Waals surface area contributed by atoms with Gasteiger partial charge in [-0.3, -0.25) is 0 Å². The van der Waals surface area contributed by atoms with Crippen LogP contribution in [0.15, 0.2) is 18.2 Å². The summed E-state index contributed by atoms with van der Waals surface area (Å²) in [6, 6.07) is 2.42. The van der Waals surface area contributed by atoms with Crippen molar-refractivity contribution in [3.63, 3.8) is 0 Å². The topological polar surface area (TPSA) is 12.0 Å². The van der Waals surface area contributed by atoms with E-state index in [1.807, 2.05) is 0 Å². The van der Waals surface area contributed by atoms with Gasteiger partial charge in [-0.05, 0) is 18.7 Å². The molecule has 0 fully saturated rings. The summed E-state index contributed by atoms with van der Waals surface area (Å²) in [6.07, 6.45) is -10.0. The molecule has 0 atom stereocenters. The van der Waals surface area contributed by atoms with Crippen LogP contribution >= 0.6 is 12.4 Å². The molecule has 0 unspecified atom stereocenters. The quantitative estimate of drug-likeness (QED) is 0.816. The molecule has 18 heavy (non-hydrogen) atoms. The first-order valence-corrected chi connectivity index (χ1v) is 4.59. The predicted molar refractivity (Wildman–Crippen MR) is 56.5 cm³/mol. The molecule has 8 heteroatoms. The first-order valence-electron chi connectivity index (χ1n) is 4.59. The standard InChI is InChI=1S/C10H9F6N.ClH/c1-17-5-6-3-2-4-7(9(11,12)13)8(6)10(14,15)16;/h2-4,17H,5H2,1H3;1H. The first kappa shape index (κ1) is 17.1. The Morgan fingerprint density at radius 3 is 1.94 bits per heavy atom. The van der Waals surface area contributed by atoms with E-state index in [1.54, 1.807) is 0 Å². The van der Waals surface area contributed by atoms with Gasteiger partial charge in [0.25, 0.3) is 0 Å². The van der Waals surface area contributed by atoms with E-state index in [1.165, 1.54) is 7.05 Å². The molecule has 1 aromatic rings. The van der Waals surface area contributed by atoms with Crippen molar-refractivity contribution >= 4 is 12.4 Å². The van der Waals surface area contributed by atoms with Crippen LogP contribution in [0.25, 0.3) is 0 Å². The fourth-order valence-electron chi connectivity index (χ4n) is 1.51. The average Bonchev–Trinajstić information content (AvgIpc) is 2.14. The Hall–Kier alpha value is -0.950. The van der Waals surface area contributed by atoms with E-state index in [-0.39, 0.29) is 19.0 Å². The minimum absolute atomic E-state index is 0. The van der Waals surface area contributed by atoms with Crippen molar-refractivity contribution in [3.8, 4) is 0 Å². The Morgan fingerprint density at radius 1 is 1.00 bits per heavy atom. The summed E-state index contributed by atoms with van der Waals surface area (Å²) in [7, 11) is 1.36. The zero-order valence-corrected chi connectivity index (χ0v) is 9.93. The van der Waals surface area contributed by atoms with Gasteiger partial charge >= 0.3 is 12.4 Å². The third-order valence-electron chi connectivity index (χ3n) is 2.11. The molecule has 0 amide bonds. The van der Waals surface area contributed by atoms with Crippen molar-refractivity contribution in [2.75, 3.05) is 7.05 Å². The zero-order chi connectivity index (χ0) is 13.3. The number of hydrogen-bond acceptors (Lipinski definition) is 1. The van der Waals surface area contributed by atoms with Gasteiger partial charge in [0.1, 0.15) is 0 Å². The monoisotopic (exact) mass is 293 g/mol. The third-order valence-corrected chi connectivity index (χ3v) is 2.11. The number of alkyl halides is 6. The molecule has 0 aliphatic rings. The van der Waals surface area contributed by atoms with Crippen LogP contribution in [-0.4, -0.2) is 7.05 Å². The Balaban J connectivity index is 0.00000289. The van der Waals surface area contributed by atoms with Gasteiger partial charge in [0, 0.05) is 6.54 Å². The Morgan fingerprint density at radius 2 is 1.56 bits per heavy atom. The fourth-order valence-corrected chi connectivity index (χ4v) is 1.51. The zero-order valence-electron chi connectivity index (χ0n) is 9.12. The lowest BCUT2D eigenvalue weighted by Crippen LogP contribution is -2.21. The minimum Gasteiger partial charge on any atom is -0.316 e. The van der Waals surface area contributed by atoms with Gasteiger partial charge in [-0.15, -0.1) is 12.4 Å². The highest BCUT2D eigenvalue weighted by Crippen LogP contribution is 2.41. The minimum atomic E-state index is -5.03. The molecule has 1 rings (SSSR count). The van der Waals surface area contributed by atoms with E-state index < -0.39 is 29.0 Å². The molecule has 0 aromatic heterocycles. The number of benzene rings is 1. The summed E-state index contributed by atoms with van der Waals surface area (Å²) in [5.74, 6) is 0. The van der Waals surface area contributed by atoms with Gasteiger partial charge < -0.3 is 5.32 Å². The molecule has 0 heterocycles. The van der Waals surface area contributed by atoms with Gasteiger partial charge in [-0.25, -0.2) is 0 Å². The first-order chi connectivity index (χ1) is 7.68. The molecule has 0 saturated heterocycles. The Kier molecular flexibility index (Phi) is 5.49. The van der Waals surface area contributed by atoms with Crippen LogP contribution in [0.5, 0.6) is 0 Å². The van der Waals surface area contributed by atoms with E-state index >= 15 is 0 Å². The number of nitrogens with one attached hydrogen (secondary N) is 1. The molecule has 1 aromatic carbocycles. The van der Waals surface area contributed by atoms with E-state index in [2.05, 4.69) is 5.32 Å². The van der Waals surface area contributed by atoms with Crippen molar-refractivity contribution < 1.29 is 26.3 Å². The van der Waals surface area contributed by atoms with E-state index in [4.69, 9.17) is 0 Å². The number of rotatable bonds is 2. The van der Waals surface area contributed by atoms with Crippen molar-refractivity contribution in [1.29, 1.82) is 0 Å². The molecule has 0 radical (unpaired) electrons. The molecule has 1 N–H and O–H groups in total. The molecular formula is C10H10ClF6N. The van der Waals surface area contributed by atoms with Crippen LogP contribution in [0.4, 0.5) is 26.3 Å². The van der Waals surface area contributed by atoms with Crippen molar-refractivity contribution in [1.82, 2.24) is 5.32 Å². The van der Waals surface area contributed by atoms with Gasteiger partial charge in [0.05, 0.1) is 11.1 Å². The highest BCUT2D eigenvalue weighted by Gasteiger charge is 2.44. The fraction of sp³-hybridized carbons (Fsp3) is 0.400. The van der Waals surface area contributed by atoms with Crippen LogP contribution in [0.3, 0.4) is 0 Å². The lowest BCUT2D eigenvalue weighted by Gasteiger charge is -2.18. The number of halogens is 7. The van der Waals surface area contributed by atoms with Crippen LogP contribution in [0, 0.1) is 0 Å². The summed E-state index contributed by atoms with van der Waals surface area (Å²) >= 11 is 0. The normalized spacial score (nSPS) is 12.2. The molecule has 0 bridgehead atoms. The van der Waals surface area contributed by atoms with Gasteiger partial charge in [-0.1, -0.05) is 12.1 Å². The summed E-state index contributed by atoms with van der Waals surface area (Å²) in [6.45, 7) is -0.279. The van der Waals surface area contributed by atoms with Crippen LogP contribution in [0.1, 0.15) is 16.7 Å². The van der Waals surface area contributed by atoms with Crippen molar-refractivity contribution in [2.24, 2.45) is 0 Å². The second kappa shape index (κ2) is 5.79. The van der Waals surface area contributed by atoms with E-state index in [9.17, 15) is 26.3 Å². The van der Waals surface area contributed by atoms with Crippen molar-refractivity contribution in [3.05, 3.63) is 34.9 Å². The summed E-state index contributed by atoms with van der Waals surface area (Å²) in [5.41, 5.74) is -3.70. The Labute approximate surface area is 106 Å². The number of hydrogen-bond donors (Lipinski definition) is 1. The van der Waals surface area contributed by atoms with Gasteiger partial charge in [-0.2, -0.15) is 26.3 Å². The third kappa shape index (κ3) is 3.78. The molecular weight excluding hydrogens is 284 g/mol. The van der Waals surface area contributed by atoms with Gasteiger partial charge in [0.15, 0.2) is 0 Å². The lowest BCUT2D eigenvalue weighted by atomic mass is 10.00. The largest absolute Gasteiger partial charge is 0.417 e. The highest BCUT2D eigenvalue weighted by molar-refractivity contribution is 5.85. The van der Waals surface area contributed by atoms with Crippen molar-refractivity contribution in [2.45, 2.75) is 18.9 Å². The second-order valence-corrected chi connectivity index (χ2v) is 3.37. The lowest BCUT2D eigenvalue weighted by molar-refractivity contribution is -0.162. The predicted octanol–water partition coefficient (Wildman–Crippen LogP) is 3.87. The van der Waals surface area contributed by atoms with Gasteiger partial charge in [0.2, 0.25) is 0 Å². The van der Waals surface area contributed by atoms with E-state index in [0.29, 0.717) is 6.07 Å². The highest BCUT2D eigenvalue weighted by atomic mass is 35.5. The molecule has 0 spiro atoms. The maximum Gasteiger partial charge on any atom is 0.417 e. The summed E-state index contributed by atoms with van der Waals surface area (Å²) in [4.78, 5) is 0. The average molecular weight is 294 g/mol. The summed E-state index contributed by atoms with van der Waals surface area (Å²) in [5, 5.41) is 2.41. The second-order valence-electron chi connectivity index (χ2n) is 3.37. The van der Waals surface area contributed by atoms with Crippen LogP contribution in [0.2, 0.25) is 0 Å². The molecule has 1 nitrogen and oxygen atoms in total. The molecule has 0 aliphatic carbocycles. The Bertz CT molecular complexity index is 398. The summed E-state index contributed by atoms with van der Waals surface area (Å²) < 4.78 is 75.3. The molecule has 0 aliphatic heterocycles. The maximum absolute atomic E-state index is 12.6. The van der Waals surface area contributed by atoms with Crippen LogP contribution < -0.4 is 5.32 Å². The maximum atomic E-state index is 12.6. The molecule has 0 saturated carbocycles. The molecule has 104 valence electrons. The van der Waals surface area contributed by atoms with Crippen LogP contribution in [-0.2, 0) is 18.9 Å². The van der Waals surface area contributed by atoms with E-state index in [0.717, 1.165) is 12.1 Å². The smallest absolute Gasteiger partial charge is 0.316 e.